The Morgan fingerprint density at radius 1 is 1.15 bits per heavy atom. The van der Waals surface area contributed by atoms with Gasteiger partial charge in [-0.05, 0) is 29.8 Å². The molecule has 0 saturated heterocycles. The zero-order valence-corrected chi connectivity index (χ0v) is 10.3. The number of aromatic nitrogens is 1. The van der Waals surface area contributed by atoms with Gasteiger partial charge < -0.3 is 10.4 Å². The maximum atomic E-state index is 12.7. The second-order valence-electron chi connectivity index (χ2n) is 4.06. The molecule has 0 fully saturated rings. The van der Waals surface area contributed by atoms with Crippen molar-refractivity contribution in [3.05, 3.63) is 59.5 Å². The Morgan fingerprint density at radius 3 is 2.50 bits per heavy atom. The van der Waals surface area contributed by atoms with Crippen LogP contribution in [0.4, 0.5) is 10.2 Å². The average Bonchev–Trinajstić information content (AvgIpc) is 2.41. The molecule has 20 heavy (non-hydrogen) atoms. The normalized spacial score (nSPS) is 10.1. The Morgan fingerprint density at radius 2 is 1.85 bits per heavy atom. The molecule has 1 amide bonds. The lowest BCUT2D eigenvalue weighted by molar-refractivity contribution is -0.115. The Kier molecular flexibility index (Phi) is 4.05. The number of aromatic carboxylic acids is 1. The maximum absolute atomic E-state index is 12.7. The van der Waals surface area contributed by atoms with E-state index < -0.39 is 5.97 Å². The molecule has 0 bridgehead atoms. The molecule has 0 atom stereocenters. The summed E-state index contributed by atoms with van der Waals surface area (Å²) < 4.78 is 12.7. The minimum Gasteiger partial charge on any atom is -0.477 e. The second-order valence-corrected chi connectivity index (χ2v) is 4.06. The van der Waals surface area contributed by atoms with Crippen LogP contribution in [-0.2, 0) is 11.2 Å². The Bertz CT molecular complexity index is 641. The van der Waals surface area contributed by atoms with Crippen molar-refractivity contribution >= 4 is 17.7 Å². The van der Waals surface area contributed by atoms with Crippen molar-refractivity contribution in [3.63, 3.8) is 0 Å². The molecule has 0 aliphatic heterocycles. The minimum absolute atomic E-state index is 0.0548. The molecule has 6 heteroatoms. The summed E-state index contributed by atoms with van der Waals surface area (Å²) in [6, 6.07) is 9.88. The summed E-state index contributed by atoms with van der Waals surface area (Å²) in [6.07, 6.45) is 0.0548. The largest absolute Gasteiger partial charge is 0.477 e. The summed E-state index contributed by atoms with van der Waals surface area (Å²) >= 11 is 0. The van der Waals surface area contributed by atoms with Gasteiger partial charge in [0.05, 0.1) is 6.42 Å². The van der Waals surface area contributed by atoms with Gasteiger partial charge in [-0.1, -0.05) is 18.2 Å². The molecule has 0 radical (unpaired) electrons. The summed E-state index contributed by atoms with van der Waals surface area (Å²) in [7, 11) is 0. The highest BCUT2D eigenvalue weighted by atomic mass is 19.1. The standard InChI is InChI=1S/C14H11FN2O3/c15-10-6-4-9(5-7-10)8-13(18)17-12-3-1-2-11(16-12)14(19)20/h1-7H,8H2,(H,19,20)(H,16,17,18). The monoisotopic (exact) mass is 274 g/mol. The number of rotatable bonds is 4. The number of carbonyl (C=O) groups is 2. The van der Waals surface area contributed by atoms with Gasteiger partial charge in [0.2, 0.25) is 5.91 Å². The average molecular weight is 274 g/mol. The van der Waals surface area contributed by atoms with Gasteiger partial charge in [-0.3, -0.25) is 4.79 Å². The van der Waals surface area contributed by atoms with Crippen LogP contribution in [0, 0.1) is 5.82 Å². The first-order valence-corrected chi connectivity index (χ1v) is 5.79. The quantitative estimate of drug-likeness (QED) is 0.894. The number of hydrogen-bond acceptors (Lipinski definition) is 3. The van der Waals surface area contributed by atoms with Crippen molar-refractivity contribution < 1.29 is 19.1 Å². The van der Waals surface area contributed by atoms with Gasteiger partial charge in [0, 0.05) is 0 Å². The molecule has 102 valence electrons. The summed E-state index contributed by atoms with van der Waals surface area (Å²) in [5.74, 6) is -1.73. The van der Waals surface area contributed by atoms with Crippen LogP contribution in [0.3, 0.4) is 0 Å². The molecule has 0 spiro atoms. The smallest absolute Gasteiger partial charge is 0.354 e. The number of benzene rings is 1. The van der Waals surface area contributed by atoms with E-state index in [0.29, 0.717) is 5.56 Å². The number of carbonyl (C=O) groups excluding carboxylic acids is 1. The van der Waals surface area contributed by atoms with E-state index in [-0.39, 0.29) is 29.7 Å². The van der Waals surface area contributed by atoms with Crippen molar-refractivity contribution in [2.24, 2.45) is 0 Å². The second kappa shape index (κ2) is 5.92. The molecule has 0 aliphatic rings. The first kappa shape index (κ1) is 13.7. The van der Waals surface area contributed by atoms with Crippen LogP contribution in [0.5, 0.6) is 0 Å². The maximum Gasteiger partial charge on any atom is 0.354 e. The number of halogens is 1. The van der Waals surface area contributed by atoms with Crippen LogP contribution in [0.15, 0.2) is 42.5 Å². The fraction of sp³-hybridized carbons (Fsp3) is 0.0714. The Balaban J connectivity index is 2.02. The third kappa shape index (κ3) is 3.61. The molecule has 0 saturated carbocycles. The van der Waals surface area contributed by atoms with Crippen LogP contribution in [0.2, 0.25) is 0 Å². The van der Waals surface area contributed by atoms with E-state index in [2.05, 4.69) is 10.3 Å². The first-order chi connectivity index (χ1) is 9.54. The summed E-state index contributed by atoms with van der Waals surface area (Å²) in [5.41, 5.74) is 0.503. The van der Waals surface area contributed by atoms with Crippen molar-refractivity contribution in [2.45, 2.75) is 6.42 Å². The van der Waals surface area contributed by atoms with Crippen LogP contribution in [-0.4, -0.2) is 22.0 Å². The molecule has 0 aliphatic carbocycles. The number of nitrogens with one attached hydrogen (secondary N) is 1. The number of pyridine rings is 1. The van der Waals surface area contributed by atoms with E-state index in [0.717, 1.165) is 0 Å². The van der Waals surface area contributed by atoms with Crippen molar-refractivity contribution in [1.82, 2.24) is 4.98 Å². The number of anilines is 1. The zero-order valence-electron chi connectivity index (χ0n) is 10.3. The van der Waals surface area contributed by atoms with Gasteiger partial charge in [-0.2, -0.15) is 0 Å². The number of hydrogen-bond donors (Lipinski definition) is 2. The van der Waals surface area contributed by atoms with Gasteiger partial charge >= 0.3 is 5.97 Å². The third-order valence-corrected chi connectivity index (χ3v) is 2.51. The molecule has 2 N–H and O–H groups in total. The number of carboxylic acids is 1. The molecule has 2 aromatic rings. The molecular formula is C14H11FN2O3. The van der Waals surface area contributed by atoms with E-state index in [1.54, 1.807) is 0 Å². The van der Waals surface area contributed by atoms with Crippen LogP contribution >= 0.6 is 0 Å². The minimum atomic E-state index is -1.17. The van der Waals surface area contributed by atoms with E-state index in [1.165, 1.54) is 42.5 Å². The lowest BCUT2D eigenvalue weighted by atomic mass is 10.1. The van der Waals surface area contributed by atoms with Crippen molar-refractivity contribution in [3.8, 4) is 0 Å². The highest BCUT2D eigenvalue weighted by Gasteiger charge is 2.08. The molecule has 2 rings (SSSR count). The zero-order chi connectivity index (χ0) is 14.5. The molecule has 1 heterocycles. The van der Waals surface area contributed by atoms with Gasteiger partial charge in [0.1, 0.15) is 11.6 Å². The van der Waals surface area contributed by atoms with E-state index in [1.807, 2.05) is 0 Å². The fourth-order valence-corrected chi connectivity index (χ4v) is 1.60. The summed E-state index contributed by atoms with van der Waals surface area (Å²) in [5, 5.41) is 11.3. The first-order valence-electron chi connectivity index (χ1n) is 5.79. The van der Waals surface area contributed by atoms with Gasteiger partial charge in [-0.15, -0.1) is 0 Å². The van der Waals surface area contributed by atoms with Crippen LogP contribution < -0.4 is 5.32 Å². The SMILES string of the molecule is O=C(Cc1ccc(F)cc1)Nc1cccc(C(=O)O)n1. The topological polar surface area (TPSA) is 79.3 Å². The number of nitrogens with zero attached hydrogens (tertiary/aromatic N) is 1. The lowest BCUT2D eigenvalue weighted by Gasteiger charge is -2.05. The summed E-state index contributed by atoms with van der Waals surface area (Å²) in [6.45, 7) is 0. The van der Waals surface area contributed by atoms with Crippen molar-refractivity contribution in [1.29, 1.82) is 0 Å². The van der Waals surface area contributed by atoms with Crippen molar-refractivity contribution in [2.75, 3.05) is 5.32 Å². The fourth-order valence-electron chi connectivity index (χ4n) is 1.60. The predicted octanol–water partition coefficient (Wildman–Crippen LogP) is 2.10. The van der Waals surface area contributed by atoms with Gasteiger partial charge in [-0.25, -0.2) is 14.2 Å². The van der Waals surface area contributed by atoms with E-state index >= 15 is 0 Å². The predicted molar refractivity (Wildman–Crippen MR) is 69.9 cm³/mol. The Labute approximate surface area is 114 Å². The molecule has 0 unspecified atom stereocenters. The number of carboxylic acid groups (broad SMARTS) is 1. The highest BCUT2D eigenvalue weighted by molar-refractivity contribution is 5.92. The highest BCUT2D eigenvalue weighted by Crippen LogP contribution is 2.08. The molecule has 5 nitrogen and oxygen atoms in total. The van der Waals surface area contributed by atoms with E-state index in [4.69, 9.17) is 5.11 Å². The van der Waals surface area contributed by atoms with Gasteiger partial charge in [0.25, 0.3) is 0 Å². The number of amides is 1. The Hall–Kier alpha value is -2.76. The van der Waals surface area contributed by atoms with E-state index in [9.17, 15) is 14.0 Å². The molecule has 1 aromatic carbocycles. The summed E-state index contributed by atoms with van der Waals surface area (Å²) in [4.78, 5) is 26.3. The molecular weight excluding hydrogens is 263 g/mol. The third-order valence-electron chi connectivity index (χ3n) is 2.51. The van der Waals surface area contributed by atoms with Gasteiger partial charge in [0.15, 0.2) is 5.69 Å². The van der Waals surface area contributed by atoms with Crippen LogP contribution in [0.25, 0.3) is 0 Å². The lowest BCUT2D eigenvalue weighted by Crippen LogP contribution is -2.16. The van der Waals surface area contributed by atoms with Crippen LogP contribution in [0.1, 0.15) is 16.1 Å². The molecule has 1 aromatic heterocycles.